The first-order chi connectivity index (χ1) is 6.70. The highest BCUT2D eigenvalue weighted by Gasteiger charge is 1.98. The van der Waals surface area contributed by atoms with E-state index in [4.69, 9.17) is 16.3 Å². The zero-order valence-corrected chi connectivity index (χ0v) is 9.77. The van der Waals surface area contributed by atoms with E-state index in [1.165, 1.54) is 0 Å². The molecule has 0 atom stereocenters. The highest BCUT2D eigenvalue weighted by atomic mass is 35.5. The van der Waals surface area contributed by atoms with Crippen molar-refractivity contribution >= 4 is 17.6 Å². The molecule has 0 aliphatic heterocycles. The number of carbonyl (C=O) groups excluding carboxylic acids is 1. The lowest BCUT2D eigenvalue weighted by atomic mass is 10.2. The van der Waals surface area contributed by atoms with Crippen LogP contribution in [0.1, 0.15) is 39.5 Å². The van der Waals surface area contributed by atoms with Crippen LogP contribution in [0.4, 0.5) is 0 Å². The van der Waals surface area contributed by atoms with E-state index in [0.717, 1.165) is 31.3 Å². The molecule has 0 unspecified atom stereocenters. The number of hydrogen-bond acceptors (Lipinski definition) is 2. The predicted molar refractivity (Wildman–Crippen MR) is 59.6 cm³/mol. The van der Waals surface area contributed by atoms with Gasteiger partial charge in [-0.3, -0.25) is 0 Å². The third kappa shape index (κ3) is 8.11. The van der Waals surface area contributed by atoms with Gasteiger partial charge in [0.25, 0.3) is 0 Å². The summed E-state index contributed by atoms with van der Waals surface area (Å²) in [7, 11) is 0. The molecule has 14 heavy (non-hydrogen) atoms. The maximum absolute atomic E-state index is 11.2. The van der Waals surface area contributed by atoms with Crippen molar-refractivity contribution in [2.75, 3.05) is 12.5 Å². The van der Waals surface area contributed by atoms with Crippen molar-refractivity contribution in [2.45, 2.75) is 39.5 Å². The highest BCUT2D eigenvalue weighted by Crippen LogP contribution is 2.03. The van der Waals surface area contributed by atoms with E-state index in [0.29, 0.717) is 12.5 Å². The Morgan fingerprint density at radius 3 is 2.71 bits per heavy atom. The summed E-state index contributed by atoms with van der Waals surface area (Å²) in [6.07, 6.45) is 5.32. The van der Waals surface area contributed by atoms with Crippen LogP contribution in [0.5, 0.6) is 0 Å². The molecular formula is C11H19ClO2. The van der Waals surface area contributed by atoms with Crippen molar-refractivity contribution < 1.29 is 9.53 Å². The summed E-state index contributed by atoms with van der Waals surface area (Å²) in [6.45, 7) is 4.51. The number of carbonyl (C=O) groups is 1. The Morgan fingerprint density at radius 2 is 2.14 bits per heavy atom. The summed E-state index contributed by atoms with van der Waals surface area (Å²) >= 11 is 5.49. The minimum absolute atomic E-state index is 0.231. The lowest BCUT2D eigenvalue weighted by Gasteiger charge is -2.01. The third-order valence-electron chi connectivity index (χ3n) is 1.78. The van der Waals surface area contributed by atoms with E-state index < -0.39 is 0 Å². The molecule has 0 N–H and O–H groups in total. The van der Waals surface area contributed by atoms with Gasteiger partial charge in [-0.1, -0.05) is 18.9 Å². The summed E-state index contributed by atoms with van der Waals surface area (Å²) in [5.74, 6) is 0.396. The largest absolute Gasteiger partial charge is 0.463 e. The van der Waals surface area contributed by atoms with Gasteiger partial charge in [-0.05, 0) is 26.2 Å². The van der Waals surface area contributed by atoms with Gasteiger partial charge < -0.3 is 4.74 Å². The molecule has 0 bridgehead atoms. The monoisotopic (exact) mass is 218 g/mol. The molecule has 0 saturated heterocycles. The molecule has 0 radical (unpaired) electrons. The number of allylic oxidation sites excluding steroid dienone is 1. The lowest BCUT2D eigenvalue weighted by Crippen LogP contribution is -2.03. The van der Waals surface area contributed by atoms with Gasteiger partial charge in [0.05, 0.1) is 6.61 Å². The molecule has 0 heterocycles. The van der Waals surface area contributed by atoms with Crippen LogP contribution in [0.2, 0.25) is 0 Å². The Labute approximate surface area is 91.3 Å². The zero-order valence-electron chi connectivity index (χ0n) is 9.01. The topological polar surface area (TPSA) is 26.3 Å². The Morgan fingerprint density at radius 1 is 1.43 bits per heavy atom. The van der Waals surface area contributed by atoms with Gasteiger partial charge in [-0.25, -0.2) is 4.79 Å². The summed E-state index contributed by atoms with van der Waals surface area (Å²) in [5, 5.41) is 0. The molecule has 0 saturated carbocycles. The molecule has 2 nitrogen and oxygen atoms in total. The van der Waals surface area contributed by atoms with Gasteiger partial charge in [0.1, 0.15) is 0 Å². The lowest BCUT2D eigenvalue weighted by molar-refractivity contribution is -0.137. The maximum atomic E-state index is 11.2. The van der Waals surface area contributed by atoms with Crippen molar-refractivity contribution in [1.29, 1.82) is 0 Å². The molecule has 0 aromatic carbocycles. The fraction of sp³-hybridized carbons (Fsp3) is 0.727. The van der Waals surface area contributed by atoms with Gasteiger partial charge in [0.15, 0.2) is 0 Å². The number of esters is 1. The number of hydrogen-bond donors (Lipinski definition) is 0. The molecule has 3 heteroatoms. The number of alkyl halides is 1. The maximum Gasteiger partial charge on any atom is 0.330 e. The molecule has 0 aromatic heterocycles. The van der Waals surface area contributed by atoms with Crippen LogP contribution in [0.15, 0.2) is 11.6 Å². The summed E-state index contributed by atoms with van der Waals surface area (Å²) in [4.78, 5) is 11.2. The van der Waals surface area contributed by atoms with Crippen molar-refractivity contribution in [2.24, 2.45) is 0 Å². The van der Waals surface area contributed by atoms with Crippen molar-refractivity contribution in [3.63, 3.8) is 0 Å². The van der Waals surface area contributed by atoms with Crippen LogP contribution in [-0.2, 0) is 9.53 Å². The van der Waals surface area contributed by atoms with Crippen molar-refractivity contribution in [1.82, 2.24) is 0 Å². The minimum Gasteiger partial charge on any atom is -0.463 e. The average Bonchev–Trinajstić information content (AvgIpc) is 2.13. The van der Waals surface area contributed by atoms with Gasteiger partial charge >= 0.3 is 5.97 Å². The van der Waals surface area contributed by atoms with Crippen LogP contribution < -0.4 is 0 Å². The predicted octanol–water partition coefficient (Wildman–Crippen LogP) is 3.30. The minimum atomic E-state index is -0.231. The third-order valence-corrected chi connectivity index (χ3v) is 2.05. The van der Waals surface area contributed by atoms with Crippen molar-refractivity contribution in [3.8, 4) is 0 Å². The normalized spacial score (nSPS) is 11.5. The van der Waals surface area contributed by atoms with E-state index in [-0.39, 0.29) is 5.97 Å². The molecule has 0 aliphatic carbocycles. The summed E-state index contributed by atoms with van der Waals surface area (Å²) in [5.41, 5.74) is 1.08. The van der Waals surface area contributed by atoms with Gasteiger partial charge in [0.2, 0.25) is 0 Å². The molecule has 0 fully saturated rings. The van der Waals surface area contributed by atoms with Gasteiger partial charge in [-0.15, -0.1) is 11.6 Å². The van der Waals surface area contributed by atoms with Crippen molar-refractivity contribution in [3.05, 3.63) is 11.6 Å². The zero-order chi connectivity index (χ0) is 10.8. The van der Waals surface area contributed by atoms with Crippen LogP contribution in [0.3, 0.4) is 0 Å². The molecule has 82 valence electrons. The van der Waals surface area contributed by atoms with E-state index in [1.807, 2.05) is 6.92 Å². The second-order valence-electron chi connectivity index (χ2n) is 3.30. The first-order valence-electron chi connectivity index (χ1n) is 5.10. The fourth-order valence-corrected chi connectivity index (χ4v) is 1.27. The fourth-order valence-electron chi connectivity index (χ4n) is 1.08. The van der Waals surface area contributed by atoms with Crippen LogP contribution in [-0.4, -0.2) is 18.5 Å². The van der Waals surface area contributed by atoms with E-state index in [2.05, 4.69) is 6.92 Å². The number of halogens is 1. The molecule has 0 amide bonds. The summed E-state index contributed by atoms with van der Waals surface area (Å²) < 4.78 is 4.99. The van der Waals surface area contributed by atoms with E-state index >= 15 is 0 Å². The first-order valence-corrected chi connectivity index (χ1v) is 5.64. The Hall–Kier alpha value is -0.500. The van der Waals surface area contributed by atoms with Gasteiger partial charge in [0, 0.05) is 12.0 Å². The van der Waals surface area contributed by atoms with Crippen LogP contribution in [0, 0.1) is 0 Å². The molecular weight excluding hydrogens is 200 g/mol. The smallest absolute Gasteiger partial charge is 0.330 e. The molecule has 0 aromatic rings. The number of rotatable bonds is 7. The second-order valence-corrected chi connectivity index (χ2v) is 3.68. The van der Waals surface area contributed by atoms with E-state index in [9.17, 15) is 4.79 Å². The molecule has 0 aliphatic rings. The number of unbranched alkanes of at least 4 members (excludes halogenated alkanes) is 1. The first kappa shape index (κ1) is 13.5. The van der Waals surface area contributed by atoms with E-state index in [1.54, 1.807) is 6.08 Å². The SMILES string of the molecule is CCC/C(C)=C/C(=O)OCCCCCl. The average molecular weight is 219 g/mol. The van der Waals surface area contributed by atoms with Crippen LogP contribution >= 0.6 is 11.6 Å². The van der Waals surface area contributed by atoms with Gasteiger partial charge in [-0.2, -0.15) is 0 Å². The molecule has 0 rings (SSSR count). The quantitative estimate of drug-likeness (QED) is 0.284. The molecule has 0 spiro atoms. The Kier molecular flexibility index (Phi) is 8.75. The number of ether oxygens (including phenoxy) is 1. The second kappa shape index (κ2) is 9.07. The highest BCUT2D eigenvalue weighted by molar-refractivity contribution is 6.17. The standard InChI is InChI=1S/C11H19ClO2/c1-3-6-10(2)9-11(13)14-8-5-4-7-12/h9H,3-8H2,1-2H3/b10-9+. The van der Waals surface area contributed by atoms with Crippen LogP contribution in [0.25, 0.3) is 0 Å². The Bertz CT molecular complexity index is 188. The Balaban J connectivity index is 3.58. The summed E-state index contributed by atoms with van der Waals surface area (Å²) in [6, 6.07) is 0.